The van der Waals surface area contributed by atoms with Gasteiger partial charge in [-0.15, -0.1) is 0 Å². The molecule has 6 heteroatoms. The van der Waals surface area contributed by atoms with Crippen molar-refractivity contribution in [3.8, 4) is 0 Å². The summed E-state index contributed by atoms with van der Waals surface area (Å²) in [5.41, 5.74) is 1.47. The van der Waals surface area contributed by atoms with Gasteiger partial charge in [0.25, 0.3) is 5.91 Å². The number of benzene rings is 1. The second kappa shape index (κ2) is 7.04. The first-order chi connectivity index (χ1) is 10.1. The molecule has 0 spiro atoms. The summed E-state index contributed by atoms with van der Waals surface area (Å²) in [5, 5.41) is 5.96. The SMILES string of the molecule is CCCNc1cnccc1C(=O)Nc1ccc(F)cc1Cl. The van der Waals surface area contributed by atoms with Crippen molar-refractivity contribution in [3.05, 3.63) is 53.1 Å². The number of hydrogen-bond acceptors (Lipinski definition) is 3. The minimum atomic E-state index is -0.452. The van der Waals surface area contributed by atoms with E-state index in [9.17, 15) is 9.18 Å². The molecule has 0 aliphatic carbocycles. The molecule has 2 N–H and O–H groups in total. The summed E-state index contributed by atoms with van der Waals surface area (Å²) in [7, 11) is 0. The second-order valence-corrected chi connectivity index (χ2v) is 4.83. The van der Waals surface area contributed by atoms with Crippen LogP contribution in [0.15, 0.2) is 36.7 Å². The van der Waals surface area contributed by atoms with E-state index in [2.05, 4.69) is 15.6 Å². The predicted octanol–water partition coefficient (Wildman–Crippen LogP) is 3.95. The minimum absolute atomic E-state index is 0.153. The number of nitrogens with one attached hydrogen (secondary N) is 2. The molecule has 2 rings (SSSR count). The van der Waals surface area contributed by atoms with E-state index in [1.807, 2.05) is 6.92 Å². The minimum Gasteiger partial charge on any atom is -0.383 e. The van der Waals surface area contributed by atoms with Gasteiger partial charge in [-0.1, -0.05) is 18.5 Å². The number of aromatic nitrogens is 1. The van der Waals surface area contributed by atoms with Crippen molar-refractivity contribution in [2.75, 3.05) is 17.2 Å². The molecule has 110 valence electrons. The molecule has 0 aliphatic heterocycles. The fourth-order valence-corrected chi connectivity index (χ4v) is 1.99. The molecule has 0 saturated carbocycles. The van der Waals surface area contributed by atoms with E-state index in [-0.39, 0.29) is 10.9 Å². The lowest BCUT2D eigenvalue weighted by molar-refractivity contribution is 0.102. The lowest BCUT2D eigenvalue weighted by Gasteiger charge is -2.12. The fourth-order valence-electron chi connectivity index (χ4n) is 1.77. The average Bonchev–Trinajstić information content (AvgIpc) is 2.48. The van der Waals surface area contributed by atoms with Gasteiger partial charge in [-0.05, 0) is 30.7 Å². The van der Waals surface area contributed by atoms with Gasteiger partial charge in [-0.25, -0.2) is 4.39 Å². The Balaban J connectivity index is 2.20. The number of anilines is 2. The van der Waals surface area contributed by atoms with Crippen LogP contribution < -0.4 is 10.6 Å². The summed E-state index contributed by atoms with van der Waals surface area (Å²) in [5.74, 6) is -0.781. The van der Waals surface area contributed by atoms with Crippen LogP contribution in [0.2, 0.25) is 5.02 Å². The molecule has 0 fully saturated rings. The Morgan fingerprint density at radius 2 is 2.14 bits per heavy atom. The van der Waals surface area contributed by atoms with Crippen molar-refractivity contribution in [1.29, 1.82) is 0 Å². The van der Waals surface area contributed by atoms with Crippen LogP contribution in [0.4, 0.5) is 15.8 Å². The van der Waals surface area contributed by atoms with Crippen molar-refractivity contribution in [2.24, 2.45) is 0 Å². The molecule has 4 nitrogen and oxygen atoms in total. The van der Waals surface area contributed by atoms with Gasteiger partial charge < -0.3 is 10.6 Å². The topological polar surface area (TPSA) is 54.0 Å². The lowest BCUT2D eigenvalue weighted by atomic mass is 10.2. The zero-order valence-corrected chi connectivity index (χ0v) is 12.2. The predicted molar refractivity (Wildman–Crippen MR) is 82.4 cm³/mol. The third-order valence-electron chi connectivity index (χ3n) is 2.81. The fraction of sp³-hybridized carbons (Fsp3) is 0.200. The van der Waals surface area contributed by atoms with Crippen molar-refractivity contribution in [2.45, 2.75) is 13.3 Å². The largest absolute Gasteiger partial charge is 0.383 e. The van der Waals surface area contributed by atoms with Crippen molar-refractivity contribution in [1.82, 2.24) is 4.98 Å². The number of carbonyl (C=O) groups excluding carboxylic acids is 1. The van der Waals surface area contributed by atoms with Crippen LogP contribution in [-0.2, 0) is 0 Å². The Bertz CT molecular complexity index is 649. The van der Waals surface area contributed by atoms with E-state index in [1.54, 1.807) is 12.3 Å². The van der Waals surface area contributed by atoms with Gasteiger partial charge in [0.05, 0.1) is 28.2 Å². The lowest BCUT2D eigenvalue weighted by Crippen LogP contribution is -2.15. The van der Waals surface area contributed by atoms with Gasteiger partial charge in [-0.2, -0.15) is 0 Å². The van der Waals surface area contributed by atoms with E-state index in [4.69, 9.17) is 11.6 Å². The van der Waals surface area contributed by atoms with Gasteiger partial charge in [-0.3, -0.25) is 9.78 Å². The van der Waals surface area contributed by atoms with Gasteiger partial charge >= 0.3 is 0 Å². The Morgan fingerprint density at radius 3 is 2.86 bits per heavy atom. The van der Waals surface area contributed by atoms with E-state index >= 15 is 0 Å². The van der Waals surface area contributed by atoms with Crippen LogP contribution >= 0.6 is 11.6 Å². The number of nitrogens with zero attached hydrogens (tertiary/aromatic N) is 1. The van der Waals surface area contributed by atoms with Crippen LogP contribution in [-0.4, -0.2) is 17.4 Å². The molecular formula is C15H15ClFN3O. The molecule has 0 saturated heterocycles. The van der Waals surface area contributed by atoms with Gasteiger partial charge in [0.2, 0.25) is 0 Å². The maximum absolute atomic E-state index is 13.0. The molecular weight excluding hydrogens is 293 g/mol. The Hall–Kier alpha value is -2.14. The number of amides is 1. The van der Waals surface area contributed by atoms with E-state index < -0.39 is 5.82 Å². The summed E-state index contributed by atoms with van der Waals surface area (Å²) in [4.78, 5) is 16.3. The molecule has 0 atom stereocenters. The Kier molecular flexibility index (Phi) is 5.11. The van der Waals surface area contributed by atoms with Crippen LogP contribution in [0.3, 0.4) is 0 Å². The van der Waals surface area contributed by atoms with Crippen LogP contribution in [0, 0.1) is 5.82 Å². The molecule has 0 radical (unpaired) electrons. The highest BCUT2D eigenvalue weighted by Gasteiger charge is 2.13. The van der Waals surface area contributed by atoms with Crippen LogP contribution in [0.25, 0.3) is 0 Å². The molecule has 1 amide bonds. The van der Waals surface area contributed by atoms with Gasteiger partial charge in [0.1, 0.15) is 5.82 Å². The number of pyridine rings is 1. The monoisotopic (exact) mass is 307 g/mol. The second-order valence-electron chi connectivity index (χ2n) is 4.43. The standard InChI is InChI=1S/C15H15ClFN3O/c1-2-6-19-14-9-18-7-5-11(14)15(21)20-13-4-3-10(17)8-12(13)16/h3-5,7-9,19H,2,6H2,1H3,(H,20,21). The smallest absolute Gasteiger partial charge is 0.257 e. The summed E-state index contributed by atoms with van der Waals surface area (Å²) in [6.07, 6.45) is 4.06. The normalized spacial score (nSPS) is 10.2. The van der Waals surface area contributed by atoms with E-state index in [0.29, 0.717) is 16.9 Å². The van der Waals surface area contributed by atoms with Crippen molar-refractivity contribution >= 4 is 28.9 Å². The summed E-state index contributed by atoms with van der Waals surface area (Å²) in [6, 6.07) is 5.44. The van der Waals surface area contributed by atoms with Crippen molar-refractivity contribution < 1.29 is 9.18 Å². The molecule has 2 aromatic rings. The van der Waals surface area contributed by atoms with Crippen molar-refractivity contribution in [3.63, 3.8) is 0 Å². The third-order valence-corrected chi connectivity index (χ3v) is 3.12. The quantitative estimate of drug-likeness (QED) is 0.879. The molecule has 1 aromatic carbocycles. The third kappa shape index (κ3) is 3.92. The first-order valence-corrected chi connectivity index (χ1v) is 6.94. The Labute approximate surface area is 127 Å². The molecule has 21 heavy (non-hydrogen) atoms. The van der Waals surface area contributed by atoms with E-state index in [1.165, 1.54) is 18.3 Å². The van der Waals surface area contributed by atoms with E-state index in [0.717, 1.165) is 19.0 Å². The first kappa shape index (κ1) is 15.3. The molecule has 0 unspecified atom stereocenters. The summed E-state index contributed by atoms with van der Waals surface area (Å²) >= 11 is 5.90. The first-order valence-electron chi connectivity index (χ1n) is 6.56. The average molecular weight is 308 g/mol. The summed E-state index contributed by atoms with van der Waals surface area (Å²) < 4.78 is 13.0. The molecule has 1 heterocycles. The number of carbonyl (C=O) groups is 1. The summed E-state index contributed by atoms with van der Waals surface area (Å²) in [6.45, 7) is 2.77. The molecule has 0 aliphatic rings. The maximum atomic E-state index is 13.0. The number of hydrogen-bond donors (Lipinski definition) is 2. The highest BCUT2D eigenvalue weighted by Crippen LogP contribution is 2.24. The zero-order valence-electron chi connectivity index (χ0n) is 11.5. The Morgan fingerprint density at radius 1 is 1.33 bits per heavy atom. The number of halogens is 2. The molecule has 1 aromatic heterocycles. The molecule has 0 bridgehead atoms. The highest BCUT2D eigenvalue weighted by molar-refractivity contribution is 6.34. The van der Waals surface area contributed by atoms with Gasteiger partial charge in [0.15, 0.2) is 0 Å². The number of rotatable bonds is 5. The zero-order chi connectivity index (χ0) is 15.2. The van der Waals surface area contributed by atoms with Crippen LogP contribution in [0.1, 0.15) is 23.7 Å². The highest BCUT2D eigenvalue weighted by atomic mass is 35.5. The van der Waals surface area contributed by atoms with Gasteiger partial charge in [0, 0.05) is 12.7 Å². The maximum Gasteiger partial charge on any atom is 0.257 e. The van der Waals surface area contributed by atoms with Crippen LogP contribution in [0.5, 0.6) is 0 Å².